The smallest absolute Gasteiger partial charge is 0.259 e. The zero-order chi connectivity index (χ0) is 18.2. The van der Waals surface area contributed by atoms with Crippen molar-refractivity contribution >= 4 is 43.1 Å². The highest BCUT2D eigenvalue weighted by atomic mass is 32.1. The van der Waals surface area contributed by atoms with Crippen LogP contribution in [-0.2, 0) is 9.47 Å². The molecule has 0 amide bonds. The van der Waals surface area contributed by atoms with Gasteiger partial charge in [-0.05, 0) is 30.7 Å². The van der Waals surface area contributed by atoms with E-state index < -0.39 is 0 Å². The van der Waals surface area contributed by atoms with Crippen molar-refractivity contribution in [3.05, 3.63) is 35.9 Å². The van der Waals surface area contributed by atoms with Gasteiger partial charge in [0.05, 0.1) is 26.4 Å². The number of hydrogen-bond donors (Lipinski definition) is 0. The Labute approximate surface area is 163 Å². The molecule has 0 unspecified atom stereocenters. The Bertz CT molecular complexity index is 982. The maximum Gasteiger partial charge on any atom is 0.259 e. The second-order valence-corrected chi connectivity index (χ2v) is 8.26. The van der Waals surface area contributed by atoms with Crippen LogP contribution in [0.25, 0.3) is 20.4 Å². The van der Waals surface area contributed by atoms with Gasteiger partial charge >= 0.3 is 0 Å². The van der Waals surface area contributed by atoms with Crippen LogP contribution in [0.4, 0.5) is 11.4 Å². The lowest BCUT2D eigenvalue weighted by atomic mass is 10.1. The summed E-state index contributed by atoms with van der Waals surface area (Å²) in [6.07, 6.45) is 0. The molecule has 3 heterocycles. The van der Waals surface area contributed by atoms with Crippen LogP contribution < -0.4 is 9.80 Å². The molecule has 0 spiro atoms. The number of aromatic nitrogens is 1. The number of anilines is 2. The van der Waals surface area contributed by atoms with Crippen molar-refractivity contribution in [3.63, 3.8) is 0 Å². The molecule has 5 nitrogen and oxygen atoms in total. The van der Waals surface area contributed by atoms with Gasteiger partial charge in [0, 0.05) is 49.7 Å². The molecule has 2 saturated heterocycles. The molecule has 2 aromatic carbocycles. The van der Waals surface area contributed by atoms with E-state index in [0.717, 1.165) is 63.6 Å². The number of ether oxygens (including phenoxy) is 2. The van der Waals surface area contributed by atoms with Crippen molar-refractivity contribution in [1.82, 2.24) is 4.98 Å². The standard InChI is InChI=1S/C21H24N3O2S/c1-15-12-17(24-6-10-26-11-7-24)14-20-21(15)22-18-3-2-16(13-19(18)27-20)23-4-8-25-9-5-23/h2-3,12-14H,4-11H2,1H3/q+1. The van der Waals surface area contributed by atoms with Gasteiger partial charge in [0.15, 0.2) is 0 Å². The van der Waals surface area contributed by atoms with Crippen LogP contribution in [0.3, 0.4) is 0 Å². The number of fused-ring (bicyclic) bond motifs is 2. The molecule has 0 bridgehead atoms. The highest BCUT2D eigenvalue weighted by molar-refractivity contribution is 7.24. The monoisotopic (exact) mass is 382 g/mol. The topological polar surface area (TPSA) is 37.8 Å². The number of rotatable bonds is 2. The summed E-state index contributed by atoms with van der Waals surface area (Å²) in [5.41, 5.74) is 5.98. The SMILES string of the molecule is Cc1cc(N2CCOCC2)cc2[s+]c3cc(N4CCOCC4)ccc3nc12. The predicted octanol–water partition coefficient (Wildman–Crippen LogP) is 3.71. The van der Waals surface area contributed by atoms with Gasteiger partial charge in [-0.3, -0.25) is 0 Å². The molecule has 3 aromatic rings. The number of hydrogen-bond acceptors (Lipinski definition) is 5. The molecule has 140 valence electrons. The van der Waals surface area contributed by atoms with Crippen molar-refractivity contribution in [2.45, 2.75) is 6.92 Å². The normalized spacial score (nSPS) is 18.4. The first-order valence-corrected chi connectivity index (χ1v) is 10.4. The average Bonchev–Trinajstić information content (AvgIpc) is 2.73. The fraction of sp³-hybridized carbons (Fsp3) is 0.429. The lowest BCUT2D eigenvalue weighted by Crippen LogP contribution is -2.36. The molecule has 0 atom stereocenters. The molecule has 2 aliphatic heterocycles. The van der Waals surface area contributed by atoms with E-state index in [9.17, 15) is 0 Å². The molecule has 0 N–H and O–H groups in total. The molecule has 2 fully saturated rings. The largest absolute Gasteiger partial charge is 0.378 e. The zero-order valence-electron chi connectivity index (χ0n) is 15.6. The molecular weight excluding hydrogens is 358 g/mol. The minimum atomic E-state index is 0.805. The van der Waals surface area contributed by atoms with Gasteiger partial charge in [-0.1, -0.05) is 0 Å². The van der Waals surface area contributed by atoms with Crippen molar-refractivity contribution in [2.24, 2.45) is 0 Å². The van der Waals surface area contributed by atoms with Crippen molar-refractivity contribution in [3.8, 4) is 0 Å². The lowest BCUT2D eigenvalue weighted by Gasteiger charge is -2.29. The second kappa shape index (κ2) is 7.19. The van der Waals surface area contributed by atoms with Gasteiger partial charge in [-0.25, -0.2) is 4.98 Å². The summed E-state index contributed by atoms with van der Waals surface area (Å²) in [5.74, 6) is 0. The summed E-state index contributed by atoms with van der Waals surface area (Å²) in [6, 6.07) is 11.2. The quantitative estimate of drug-likeness (QED) is 0.499. The number of benzene rings is 2. The maximum atomic E-state index is 5.50. The van der Waals surface area contributed by atoms with Gasteiger partial charge in [-0.2, -0.15) is 0 Å². The van der Waals surface area contributed by atoms with E-state index in [4.69, 9.17) is 14.5 Å². The van der Waals surface area contributed by atoms with Crippen molar-refractivity contribution in [1.29, 1.82) is 0 Å². The molecule has 1 aromatic heterocycles. The average molecular weight is 383 g/mol. The first-order valence-electron chi connectivity index (χ1n) is 9.62. The van der Waals surface area contributed by atoms with Crippen LogP contribution in [0.5, 0.6) is 0 Å². The predicted molar refractivity (Wildman–Crippen MR) is 112 cm³/mol. The summed E-state index contributed by atoms with van der Waals surface area (Å²) in [7, 11) is 0. The first kappa shape index (κ1) is 17.1. The Morgan fingerprint density at radius 3 is 2.15 bits per heavy atom. The first-order chi connectivity index (χ1) is 13.3. The highest BCUT2D eigenvalue weighted by Gasteiger charge is 2.20. The van der Waals surface area contributed by atoms with Crippen molar-refractivity contribution < 1.29 is 9.47 Å². The molecule has 5 rings (SSSR count). The number of morpholine rings is 2. The van der Waals surface area contributed by atoms with Gasteiger partial charge < -0.3 is 19.3 Å². The van der Waals surface area contributed by atoms with Crippen LogP contribution in [0.15, 0.2) is 30.3 Å². The minimum absolute atomic E-state index is 0.805. The van der Waals surface area contributed by atoms with E-state index >= 15 is 0 Å². The van der Waals surface area contributed by atoms with E-state index in [0.29, 0.717) is 0 Å². The summed E-state index contributed by atoms with van der Waals surface area (Å²) >= 11 is 1.84. The van der Waals surface area contributed by atoms with Gasteiger partial charge in [-0.15, -0.1) is 0 Å². The molecule has 0 saturated carbocycles. The second-order valence-electron chi connectivity index (χ2n) is 7.17. The van der Waals surface area contributed by atoms with Crippen LogP contribution in [0, 0.1) is 6.92 Å². The number of aryl methyl sites for hydroxylation is 1. The molecular formula is C21H24N3O2S+. The Balaban J connectivity index is 1.57. The van der Waals surface area contributed by atoms with Gasteiger partial charge in [0.25, 0.3) is 9.40 Å². The fourth-order valence-corrected chi connectivity index (χ4v) is 5.01. The molecule has 6 heteroatoms. The summed E-state index contributed by atoms with van der Waals surface area (Å²) < 4.78 is 13.5. The molecule has 0 aliphatic carbocycles. The van der Waals surface area contributed by atoms with E-state index in [1.54, 1.807) is 0 Å². The summed E-state index contributed by atoms with van der Waals surface area (Å²) in [4.78, 5) is 9.79. The molecule has 0 radical (unpaired) electrons. The zero-order valence-corrected chi connectivity index (χ0v) is 16.4. The third-order valence-corrected chi connectivity index (χ3v) is 6.48. The Hall–Kier alpha value is -2.02. The van der Waals surface area contributed by atoms with Crippen LogP contribution in [0.1, 0.15) is 5.56 Å². The van der Waals surface area contributed by atoms with Crippen molar-refractivity contribution in [2.75, 3.05) is 62.4 Å². The summed E-state index contributed by atoms with van der Waals surface area (Å²) in [5, 5.41) is 0. The van der Waals surface area contributed by atoms with E-state index in [2.05, 4.69) is 47.1 Å². The Morgan fingerprint density at radius 2 is 1.44 bits per heavy atom. The van der Waals surface area contributed by atoms with Crippen LogP contribution in [-0.4, -0.2) is 57.6 Å². The Morgan fingerprint density at radius 1 is 0.815 bits per heavy atom. The molecule has 27 heavy (non-hydrogen) atoms. The molecule has 2 aliphatic rings. The van der Waals surface area contributed by atoms with Crippen LogP contribution >= 0.6 is 11.3 Å². The third-order valence-electron chi connectivity index (χ3n) is 5.40. The third kappa shape index (κ3) is 3.33. The van der Waals surface area contributed by atoms with Crippen LogP contribution in [0.2, 0.25) is 0 Å². The maximum absolute atomic E-state index is 5.50. The van der Waals surface area contributed by atoms with E-state index in [1.807, 2.05) is 11.3 Å². The number of nitrogens with zero attached hydrogens (tertiary/aromatic N) is 3. The van der Waals surface area contributed by atoms with Gasteiger partial charge in [0.1, 0.15) is 11.0 Å². The summed E-state index contributed by atoms with van der Waals surface area (Å²) in [6.45, 7) is 9.21. The Kier molecular flexibility index (Phi) is 4.55. The van der Waals surface area contributed by atoms with E-state index in [-0.39, 0.29) is 0 Å². The highest BCUT2D eigenvalue weighted by Crippen LogP contribution is 2.33. The van der Waals surface area contributed by atoms with Gasteiger partial charge in [0.2, 0.25) is 11.3 Å². The van der Waals surface area contributed by atoms with E-state index in [1.165, 1.54) is 26.3 Å². The lowest BCUT2D eigenvalue weighted by molar-refractivity contribution is 0.122. The fourth-order valence-electron chi connectivity index (χ4n) is 3.89. The minimum Gasteiger partial charge on any atom is -0.378 e.